The van der Waals surface area contributed by atoms with Crippen molar-refractivity contribution < 1.29 is 54.4 Å². The molecule has 0 aromatic carbocycles. The molecule has 6 N–H and O–H groups in total. The fourth-order valence-corrected chi connectivity index (χ4v) is 12.7. The molecule has 1 heterocycles. The summed E-state index contributed by atoms with van der Waals surface area (Å²) < 4.78 is 24.1. The van der Waals surface area contributed by atoms with Gasteiger partial charge in [-0.25, -0.2) is 0 Å². The van der Waals surface area contributed by atoms with E-state index in [-0.39, 0.29) is 40.8 Å². The summed E-state index contributed by atoms with van der Waals surface area (Å²) in [6, 6.07) is 0. The number of carbonyl (C=O) groups excluding carboxylic acids is 1. The van der Waals surface area contributed by atoms with E-state index < -0.39 is 77.0 Å². The number of allylic oxidation sites excluding steroid dienone is 1. The maximum atomic E-state index is 12.7. The van der Waals surface area contributed by atoms with E-state index in [0.29, 0.717) is 0 Å². The van der Waals surface area contributed by atoms with Crippen molar-refractivity contribution in [2.45, 2.75) is 168 Å². The number of rotatable bonds is 8. The standard InChI is InChI=1S/C38H62O11/c1-19(2)28-34(9)15-16-37-18-36(37)14-13-25(48-30-27(42)26(41)22(40)17-46-30)32(5,6)23(36)11-12-24(37)35(34,10)31(43)38(28,45)49-20(3)29(33(7,8)44)47-21(4)39/h12,19-20,22-23,25-31,40-45H,11,13-18H2,1-10H3/t20-,22-,23?,25-,26-,27-,28?,29+,30?,31+,34+,35+,36+,37?,38+/m0/s1. The van der Waals surface area contributed by atoms with Crippen molar-refractivity contribution >= 4 is 5.97 Å². The second-order valence-electron chi connectivity index (χ2n) is 18.6. The number of carbonyl (C=O) groups is 1. The van der Waals surface area contributed by atoms with E-state index in [9.17, 15) is 35.4 Å². The smallest absolute Gasteiger partial charge is 0.303 e. The summed E-state index contributed by atoms with van der Waals surface area (Å²) in [7, 11) is 0. The first kappa shape index (κ1) is 37.6. The van der Waals surface area contributed by atoms with Crippen LogP contribution >= 0.6 is 0 Å². The van der Waals surface area contributed by atoms with Gasteiger partial charge in [-0.3, -0.25) is 4.79 Å². The molecular formula is C38H62O11. The quantitative estimate of drug-likeness (QED) is 0.125. The summed E-state index contributed by atoms with van der Waals surface area (Å²) in [6.07, 6.45) is -0.896. The van der Waals surface area contributed by atoms with Crippen molar-refractivity contribution in [2.24, 2.45) is 44.8 Å². The molecule has 0 bridgehead atoms. The molecule has 11 nitrogen and oxygen atoms in total. The molecule has 5 fully saturated rings. The number of hydrogen-bond donors (Lipinski definition) is 6. The lowest BCUT2D eigenvalue weighted by molar-refractivity contribution is -0.315. The van der Waals surface area contributed by atoms with E-state index in [2.05, 4.69) is 47.6 Å². The Kier molecular flexibility index (Phi) is 8.96. The Morgan fingerprint density at radius 1 is 1.02 bits per heavy atom. The van der Waals surface area contributed by atoms with E-state index >= 15 is 0 Å². The Labute approximate surface area is 291 Å². The Bertz CT molecular complexity index is 1340. The minimum atomic E-state index is -1.98. The predicted molar refractivity (Wildman–Crippen MR) is 178 cm³/mol. The fraction of sp³-hybridized carbons (Fsp3) is 0.921. The lowest BCUT2D eigenvalue weighted by Gasteiger charge is -2.60. The molecule has 15 atom stereocenters. The molecule has 280 valence electrons. The first-order valence-corrected chi connectivity index (χ1v) is 18.5. The van der Waals surface area contributed by atoms with Crippen LogP contribution in [-0.2, 0) is 23.7 Å². The van der Waals surface area contributed by atoms with Gasteiger partial charge in [-0.2, -0.15) is 0 Å². The minimum Gasteiger partial charge on any atom is -0.457 e. The summed E-state index contributed by atoms with van der Waals surface area (Å²) in [5.41, 5.74) is -2.02. The second-order valence-corrected chi connectivity index (χ2v) is 18.6. The SMILES string of the molecule is CC(=O)O[C@H]([C@H](C)O[C@]1(O)C(C(C)C)[C@@]2(C)CCC34C[C@@]35CC[C@H](OC3OC[C@H](O)[C@H](O)[C@@H]3O)C(C)(C)C5CC=C4[C@]2(C)[C@H]1O)C(C)(C)O. The molecule has 4 saturated carbocycles. The van der Waals surface area contributed by atoms with Gasteiger partial charge in [0.25, 0.3) is 0 Å². The summed E-state index contributed by atoms with van der Waals surface area (Å²) in [5, 5.41) is 67.1. The van der Waals surface area contributed by atoms with Gasteiger partial charge in [0, 0.05) is 18.3 Å². The maximum absolute atomic E-state index is 12.7. The first-order valence-electron chi connectivity index (χ1n) is 18.5. The third-order valence-corrected chi connectivity index (χ3v) is 14.9. The first-order chi connectivity index (χ1) is 22.5. The van der Waals surface area contributed by atoms with Gasteiger partial charge < -0.3 is 49.6 Å². The van der Waals surface area contributed by atoms with Gasteiger partial charge in [-0.15, -0.1) is 0 Å². The number of aliphatic hydroxyl groups excluding tert-OH is 4. The zero-order valence-electron chi connectivity index (χ0n) is 31.1. The van der Waals surface area contributed by atoms with Crippen LogP contribution in [0.3, 0.4) is 0 Å². The molecule has 4 unspecified atom stereocenters. The molecule has 0 radical (unpaired) electrons. The summed E-state index contributed by atoms with van der Waals surface area (Å²) in [5.74, 6) is -2.80. The van der Waals surface area contributed by atoms with Crippen LogP contribution in [-0.4, -0.2) is 104 Å². The molecule has 6 rings (SSSR count). The predicted octanol–water partition coefficient (Wildman–Crippen LogP) is 3.20. The van der Waals surface area contributed by atoms with Gasteiger partial charge in [-0.1, -0.05) is 53.2 Å². The average Bonchev–Trinajstić information content (AvgIpc) is 3.63. The number of esters is 1. The van der Waals surface area contributed by atoms with Gasteiger partial charge >= 0.3 is 5.97 Å². The highest BCUT2D eigenvalue weighted by Gasteiger charge is 2.84. The van der Waals surface area contributed by atoms with Crippen LogP contribution in [0.25, 0.3) is 0 Å². The van der Waals surface area contributed by atoms with E-state index in [1.807, 2.05) is 0 Å². The van der Waals surface area contributed by atoms with Crippen LogP contribution in [0.2, 0.25) is 0 Å². The molecule has 11 heteroatoms. The lowest BCUT2D eigenvalue weighted by Crippen LogP contribution is -2.59. The fourth-order valence-electron chi connectivity index (χ4n) is 12.7. The zero-order valence-corrected chi connectivity index (χ0v) is 31.1. The molecule has 0 aromatic rings. The highest BCUT2D eigenvalue weighted by atomic mass is 16.7. The Morgan fingerprint density at radius 2 is 1.67 bits per heavy atom. The van der Waals surface area contributed by atoms with Crippen molar-refractivity contribution in [3.8, 4) is 0 Å². The molecule has 2 spiro atoms. The zero-order chi connectivity index (χ0) is 36.5. The molecule has 1 saturated heterocycles. The largest absolute Gasteiger partial charge is 0.457 e. The molecule has 0 amide bonds. The van der Waals surface area contributed by atoms with Crippen LogP contribution in [0.15, 0.2) is 11.6 Å². The van der Waals surface area contributed by atoms with Crippen LogP contribution in [0, 0.1) is 44.8 Å². The third-order valence-electron chi connectivity index (χ3n) is 14.9. The van der Waals surface area contributed by atoms with Gasteiger partial charge in [0.05, 0.1) is 24.4 Å². The normalized spacial score (nSPS) is 49.9. The maximum Gasteiger partial charge on any atom is 0.303 e. The van der Waals surface area contributed by atoms with Crippen LogP contribution in [0.4, 0.5) is 0 Å². The topological polar surface area (TPSA) is 175 Å². The van der Waals surface area contributed by atoms with Crippen molar-refractivity contribution in [1.29, 1.82) is 0 Å². The van der Waals surface area contributed by atoms with Crippen molar-refractivity contribution in [2.75, 3.05) is 6.61 Å². The number of aliphatic hydroxyl groups is 6. The van der Waals surface area contributed by atoms with Gasteiger partial charge in [0.2, 0.25) is 0 Å². The van der Waals surface area contributed by atoms with Crippen molar-refractivity contribution in [3.63, 3.8) is 0 Å². The average molecular weight is 695 g/mol. The third kappa shape index (κ3) is 5.03. The van der Waals surface area contributed by atoms with Gasteiger partial charge in [0.15, 0.2) is 18.2 Å². The number of hydrogen-bond acceptors (Lipinski definition) is 11. The molecule has 5 aliphatic carbocycles. The van der Waals surface area contributed by atoms with Crippen LogP contribution in [0.1, 0.15) is 108 Å². The van der Waals surface area contributed by atoms with E-state index in [1.165, 1.54) is 26.3 Å². The van der Waals surface area contributed by atoms with Crippen LogP contribution in [0.5, 0.6) is 0 Å². The number of ether oxygens (including phenoxy) is 4. The molecule has 1 aliphatic heterocycles. The highest BCUT2D eigenvalue weighted by molar-refractivity contribution is 5.66. The van der Waals surface area contributed by atoms with Gasteiger partial charge in [-0.05, 0) is 92.8 Å². The van der Waals surface area contributed by atoms with E-state index in [4.69, 9.17) is 18.9 Å². The lowest BCUT2D eigenvalue weighted by atomic mass is 9.45. The molecular weight excluding hydrogens is 632 g/mol. The van der Waals surface area contributed by atoms with Crippen molar-refractivity contribution in [1.82, 2.24) is 0 Å². The Balaban J connectivity index is 1.33. The minimum absolute atomic E-state index is 0.00420. The van der Waals surface area contributed by atoms with E-state index in [1.54, 1.807) is 6.92 Å². The second kappa shape index (κ2) is 11.7. The van der Waals surface area contributed by atoms with Gasteiger partial charge in [0.1, 0.15) is 24.4 Å². The number of fused-ring (bicyclic) bond motifs is 2. The highest BCUT2D eigenvalue weighted by Crippen LogP contribution is 2.88. The van der Waals surface area contributed by atoms with Crippen molar-refractivity contribution in [3.05, 3.63) is 11.6 Å². The Morgan fingerprint density at radius 3 is 2.27 bits per heavy atom. The van der Waals surface area contributed by atoms with E-state index in [0.717, 1.165) is 38.5 Å². The Hall–Kier alpha value is -1.15. The summed E-state index contributed by atoms with van der Waals surface area (Å²) in [4.78, 5) is 12.0. The summed E-state index contributed by atoms with van der Waals surface area (Å²) in [6.45, 7) is 18.8. The summed E-state index contributed by atoms with van der Waals surface area (Å²) >= 11 is 0. The molecule has 49 heavy (non-hydrogen) atoms. The molecule has 0 aromatic heterocycles. The van der Waals surface area contributed by atoms with Crippen LogP contribution < -0.4 is 0 Å². The molecule has 6 aliphatic rings. The monoisotopic (exact) mass is 694 g/mol.